The van der Waals surface area contributed by atoms with E-state index in [2.05, 4.69) is 53.0 Å². The molecule has 17 heavy (non-hydrogen) atoms. The number of nitrogens with zero attached hydrogens (tertiary/aromatic N) is 2. The van der Waals surface area contributed by atoms with Gasteiger partial charge in [-0.1, -0.05) is 25.5 Å². The Morgan fingerprint density at radius 2 is 2.24 bits per heavy atom. The van der Waals surface area contributed by atoms with Crippen molar-refractivity contribution in [2.75, 3.05) is 11.9 Å². The molecule has 0 bridgehead atoms. The summed E-state index contributed by atoms with van der Waals surface area (Å²) in [5.41, 5.74) is 2.41. The van der Waals surface area contributed by atoms with Gasteiger partial charge in [0.2, 0.25) is 5.95 Å². The first kappa shape index (κ1) is 11.7. The number of anilines is 1. The van der Waals surface area contributed by atoms with Crippen molar-refractivity contribution in [1.29, 1.82) is 0 Å². The van der Waals surface area contributed by atoms with Gasteiger partial charge in [0.25, 0.3) is 0 Å². The first-order valence-electron chi connectivity index (χ1n) is 6.15. The molecule has 0 aliphatic rings. The van der Waals surface area contributed by atoms with Crippen molar-refractivity contribution < 1.29 is 0 Å². The largest absolute Gasteiger partial charge is 0.355 e. The van der Waals surface area contributed by atoms with Crippen molar-refractivity contribution in [3.05, 3.63) is 42.2 Å². The number of unbranched alkanes of at least 4 members (excludes halogenated alkanes) is 1. The van der Waals surface area contributed by atoms with E-state index in [4.69, 9.17) is 0 Å². The molecule has 0 amide bonds. The average molecular weight is 229 g/mol. The van der Waals surface area contributed by atoms with Crippen LogP contribution in [0.3, 0.4) is 0 Å². The second-order valence-electron chi connectivity index (χ2n) is 4.24. The zero-order valence-electron chi connectivity index (χ0n) is 10.5. The number of hydrogen-bond donors (Lipinski definition) is 1. The third kappa shape index (κ3) is 2.87. The van der Waals surface area contributed by atoms with Crippen LogP contribution in [0.4, 0.5) is 5.95 Å². The normalized spacial score (nSPS) is 10.5. The molecule has 1 N–H and O–H groups in total. The first-order chi connectivity index (χ1) is 8.31. The van der Waals surface area contributed by atoms with Gasteiger partial charge in [0, 0.05) is 24.6 Å². The lowest BCUT2D eigenvalue weighted by Gasteiger charge is -2.09. The van der Waals surface area contributed by atoms with Gasteiger partial charge in [0.05, 0.1) is 0 Å². The maximum absolute atomic E-state index is 4.35. The fourth-order valence-corrected chi connectivity index (χ4v) is 1.80. The van der Waals surface area contributed by atoms with Gasteiger partial charge in [-0.25, -0.2) is 4.98 Å². The number of hydrogen-bond acceptors (Lipinski definition) is 2. The monoisotopic (exact) mass is 229 g/mol. The Morgan fingerprint density at radius 3 is 3.00 bits per heavy atom. The summed E-state index contributed by atoms with van der Waals surface area (Å²) in [6.07, 6.45) is 6.18. The highest BCUT2D eigenvalue weighted by atomic mass is 15.2. The van der Waals surface area contributed by atoms with Crippen molar-refractivity contribution in [3.63, 3.8) is 0 Å². The number of benzene rings is 1. The summed E-state index contributed by atoms with van der Waals surface area (Å²) >= 11 is 0. The minimum atomic E-state index is 0.920. The minimum Gasteiger partial charge on any atom is -0.355 e. The zero-order valence-corrected chi connectivity index (χ0v) is 10.5. The molecule has 2 aromatic rings. The highest BCUT2D eigenvalue weighted by Crippen LogP contribution is 2.15. The number of nitrogens with one attached hydrogen (secondary N) is 1. The minimum absolute atomic E-state index is 0.920. The van der Waals surface area contributed by atoms with E-state index in [1.54, 1.807) is 0 Å². The summed E-state index contributed by atoms with van der Waals surface area (Å²) in [6.45, 7) is 5.26. The molecule has 3 heteroatoms. The lowest BCUT2D eigenvalue weighted by Crippen LogP contribution is -2.07. The number of aryl methyl sites for hydroxylation is 1. The van der Waals surface area contributed by atoms with Crippen LogP contribution in [0, 0.1) is 6.92 Å². The molecule has 1 aromatic heterocycles. The van der Waals surface area contributed by atoms with E-state index in [1.165, 1.54) is 18.4 Å². The van der Waals surface area contributed by atoms with Crippen molar-refractivity contribution in [2.45, 2.75) is 26.7 Å². The van der Waals surface area contributed by atoms with E-state index >= 15 is 0 Å². The predicted molar refractivity (Wildman–Crippen MR) is 71.7 cm³/mol. The highest BCUT2D eigenvalue weighted by molar-refractivity contribution is 5.43. The molecule has 3 nitrogen and oxygen atoms in total. The fourth-order valence-electron chi connectivity index (χ4n) is 1.80. The van der Waals surface area contributed by atoms with Crippen LogP contribution in [-0.4, -0.2) is 16.1 Å². The number of aromatic nitrogens is 2. The first-order valence-corrected chi connectivity index (χ1v) is 6.15. The topological polar surface area (TPSA) is 29.9 Å². The predicted octanol–water partition coefficient (Wildman–Crippen LogP) is 3.39. The number of rotatable bonds is 5. The molecular weight excluding hydrogens is 210 g/mol. The second-order valence-corrected chi connectivity index (χ2v) is 4.24. The van der Waals surface area contributed by atoms with Gasteiger partial charge >= 0.3 is 0 Å². The Labute approximate surface area is 103 Å². The smallest absolute Gasteiger partial charge is 0.207 e. The van der Waals surface area contributed by atoms with Crippen LogP contribution in [0.2, 0.25) is 0 Å². The lowest BCUT2D eigenvalue weighted by atomic mass is 10.2. The lowest BCUT2D eigenvalue weighted by molar-refractivity contribution is 0.823. The van der Waals surface area contributed by atoms with Gasteiger partial charge in [0.1, 0.15) is 0 Å². The third-order valence-corrected chi connectivity index (χ3v) is 2.73. The van der Waals surface area contributed by atoms with Crippen molar-refractivity contribution in [3.8, 4) is 5.69 Å². The molecule has 0 atom stereocenters. The van der Waals surface area contributed by atoms with Crippen LogP contribution in [0.5, 0.6) is 0 Å². The molecular formula is C14H19N3. The Bertz CT molecular complexity index is 474. The van der Waals surface area contributed by atoms with Crippen LogP contribution < -0.4 is 5.32 Å². The highest BCUT2D eigenvalue weighted by Gasteiger charge is 2.03. The van der Waals surface area contributed by atoms with E-state index < -0.39 is 0 Å². The summed E-state index contributed by atoms with van der Waals surface area (Å²) in [5.74, 6) is 0.920. The maximum atomic E-state index is 4.35. The summed E-state index contributed by atoms with van der Waals surface area (Å²) < 4.78 is 2.09. The quantitative estimate of drug-likeness (QED) is 0.796. The fraction of sp³-hybridized carbons (Fsp3) is 0.357. The van der Waals surface area contributed by atoms with Gasteiger partial charge in [0.15, 0.2) is 0 Å². The molecule has 0 saturated heterocycles. The molecule has 0 aliphatic carbocycles. The molecule has 0 fully saturated rings. The van der Waals surface area contributed by atoms with Gasteiger partial charge in [-0.2, -0.15) is 0 Å². The van der Waals surface area contributed by atoms with Crippen molar-refractivity contribution in [1.82, 2.24) is 9.55 Å². The van der Waals surface area contributed by atoms with Crippen molar-refractivity contribution in [2.24, 2.45) is 0 Å². The van der Waals surface area contributed by atoms with E-state index in [0.29, 0.717) is 0 Å². The van der Waals surface area contributed by atoms with Crippen LogP contribution in [0.25, 0.3) is 5.69 Å². The molecule has 2 rings (SSSR count). The van der Waals surface area contributed by atoms with E-state index in [1.807, 2.05) is 12.4 Å². The van der Waals surface area contributed by atoms with Crippen LogP contribution in [0.1, 0.15) is 25.3 Å². The SMILES string of the molecule is CCCCNc1nccn1-c1cccc(C)c1. The Balaban J connectivity index is 2.18. The summed E-state index contributed by atoms with van der Waals surface area (Å²) in [6, 6.07) is 8.43. The van der Waals surface area contributed by atoms with E-state index in [9.17, 15) is 0 Å². The van der Waals surface area contributed by atoms with E-state index in [-0.39, 0.29) is 0 Å². The van der Waals surface area contributed by atoms with Crippen LogP contribution >= 0.6 is 0 Å². The van der Waals surface area contributed by atoms with Crippen LogP contribution in [-0.2, 0) is 0 Å². The van der Waals surface area contributed by atoms with Crippen molar-refractivity contribution >= 4 is 5.95 Å². The zero-order chi connectivity index (χ0) is 12.1. The molecule has 90 valence electrons. The molecule has 0 spiro atoms. The molecule has 0 radical (unpaired) electrons. The van der Waals surface area contributed by atoms with Gasteiger partial charge in [-0.3, -0.25) is 4.57 Å². The van der Waals surface area contributed by atoms with E-state index in [0.717, 1.165) is 18.2 Å². The van der Waals surface area contributed by atoms with Gasteiger partial charge in [-0.15, -0.1) is 0 Å². The number of imidazole rings is 1. The Hall–Kier alpha value is -1.77. The molecule has 0 aliphatic heterocycles. The summed E-state index contributed by atoms with van der Waals surface area (Å²) in [5, 5.41) is 3.36. The summed E-state index contributed by atoms with van der Waals surface area (Å²) in [7, 11) is 0. The van der Waals surface area contributed by atoms with Gasteiger partial charge in [-0.05, 0) is 31.0 Å². The maximum Gasteiger partial charge on any atom is 0.207 e. The average Bonchev–Trinajstić information content (AvgIpc) is 2.78. The molecule has 1 aromatic carbocycles. The standard InChI is InChI=1S/C14H19N3/c1-3-4-8-15-14-16-9-10-17(14)13-7-5-6-12(2)11-13/h5-7,9-11H,3-4,8H2,1-2H3,(H,15,16). The molecule has 1 heterocycles. The third-order valence-electron chi connectivity index (χ3n) is 2.73. The summed E-state index contributed by atoms with van der Waals surface area (Å²) in [4.78, 5) is 4.35. The molecule has 0 unspecified atom stereocenters. The Kier molecular flexibility index (Phi) is 3.81. The van der Waals surface area contributed by atoms with Crippen LogP contribution in [0.15, 0.2) is 36.7 Å². The second kappa shape index (κ2) is 5.53. The Morgan fingerprint density at radius 1 is 1.35 bits per heavy atom. The molecule has 0 saturated carbocycles. The van der Waals surface area contributed by atoms with Gasteiger partial charge < -0.3 is 5.32 Å².